The molecule has 4 rings (SSSR count). The number of benzene rings is 1. The van der Waals surface area contributed by atoms with Crippen LogP contribution in [0.3, 0.4) is 0 Å². The third-order valence-corrected chi connectivity index (χ3v) is 5.79. The molecule has 3 heterocycles. The number of hydrogen-bond donors (Lipinski definition) is 1. The van der Waals surface area contributed by atoms with E-state index in [9.17, 15) is 22.8 Å². The van der Waals surface area contributed by atoms with Crippen molar-refractivity contribution in [2.75, 3.05) is 13.1 Å². The first kappa shape index (κ1) is 19.5. The molecule has 2 aliphatic heterocycles. The first-order valence-electron chi connectivity index (χ1n) is 9.52. The van der Waals surface area contributed by atoms with Crippen molar-refractivity contribution in [1.29, 1.82) is 0 Å². The molecule has 1 fully saturated rings. The molecule has 0 bridgehead atoms. The minimum atomic E-state index is -4.39. The molecule has 1 aromatic heterocycles. The van der Waals surface area contributed by atoms with Crippen LogP contribution in [0.15, 0.2) is 24.3 Å². The van der Waals surface area contributed by atoms with Gasteiger partial charge in [-0.15, -0.1) is 0 Å². The number of carbonyl (C=O) groups excluding carboxylic acids is 2. The summed E-state index contributed by atoms with van der Waals surface area (Å²) in [5.41, 5.74) is 1.49. The summed E-state index contributed by atoms with van der Waals surface area (Å²) < 4.78 is 39.9. The Bertz CT molecular complexity index is 952. The highest BCUT2D eigenvalue weighted by molar-refractivity contribution is 5.94. The van der Waals surface area contributed by atoms with Crippen LogP contribution in [0.5, 0.6) is 0 Å². The van der Waals surface area contributed by atoms with Gasteiger partial charge in [0.1, 0.15) is 0 Å². The molecule has 0 aliphatic carbocycles. The summed E-state index contributed by atoms with van der Waals surface area (Å²) in [5.74, 6) is -0.553. The fourth-order valence-corrected chi connectivity index (χ4v) is 4.19. The van der Waals surface area contributed by atoms with Crippen LogP contribution >= 0.6 is 0 Å². The minimum Gasteiger partial charge on any atom is -0.337 e. The van der Waals surface area contributed by atoms with E-state index in [1.807, 2.05) is 0 Å². The first-order valence-corrected chi connectivity index (χ1v) is 9.52. The smallest absolute Gasteiger partial charge is 0.337 e. The molecule has 156 valence electrons. The van der Waals surface area contributed by atoms with Gasteiger partial charge >= 0.3 is 6.18 Å². The van der Waals surface area contributed by atoms with Crippen molar-refractivity contribution in [3.05, 3.63) is 52.3 Å². The average Bonchev–Trinajstić information content (AvgIpc) is 3.28. The second-order valence-electron chi connectivity index (χ2n) is 7.56. The summed E-state index contributed by atoms with van der Waals surface area (Å²) in [7, 11) is 0. The summed E-state index contributed by atoms with van der Waals surface area (Å²) in [6, 6.07) is 5.66. The normalized spacial score (nSPS) is 17.5. The van der Waals surface area contributed by atoms with Gasteiger partial charge in [0.05, 0.1) is 24.3 Å². The van der Waals surface area contributed by atoms with Gasteiger partial charge in [0.15, 0.2) is 5.69 Å². The van der Waals surface area contributed by atoms with Crippen molar-refractivity contribution in [2.45, 2.75) is 44.9 Å². The second kappa shape index (κ2) is 7.20. The highest BCUT2D eigenvalue weighted by Gasteiger charge is 2.37. The maximum Gasteiger partial charge on any atom is 0.416 e. The molecule has 2 aromatic rings. The monoisotopic (exact) mass is 408 g/mol. The number of alkyl halides is 3. The number of aromatic amines is 1. The number of nitrogens with zero attached hydrogens (tertiary/aromatic N) is 3. The van der Waals surface area contributed by atoms with Crippen molar-refractivity contribution in [3.63, 3.8) is 0 Å². The van der Waals surface area contributed by atoms with Gasteiger partial charge in [-0.2, -0.15) is 18.3 Å². The molecule has 29 heavy (non-hydrogen) atoms. The first-order chi connectivity index (χ1) is 13.8. The van der Waals surface area contributed by atoms with E-state index in [2.05, 4.69) is 10.2 Å². The molecule has 6 nitrogen and oxygen atoms in total. The Morgan fingerprint density at radius 2 is 1.83 bits per heavy atom. The molecular formula is C20H23F3N4O2. The van der Waals surface area contributed by atoms with Crippen LogP contribution in [0.1, 0.15) is 60.0 Å². The van der Waals surface area contributed by atoms with Crippen LogP contribution in [-0.4, -0.2) is 44.9 Å². The third-order valence-electron chi connectivity index (χ3n) is 5.79. The van der Waals surface area contributed by atoms with E-state index in [1.165, 1.54) is 19.1 Å². The molecule has 0 spiro atoms. The Hall–Kier alpha value is -2.84. The Labute approximate surface area is 167 Å². The molecule has 0 radical (unpaired) electrons. The van der Waals surface area contributed by atoms with Crippen LogP contribution in [-0.2, 0) is 24.1 Å². The van der Waals surface area contributed by atoms with E-state index in [0.29, 0.717) is 50.3 Å². The van der Waals surface area contributed by atoms with Gasteiger partial charge in [-0.1, -0.05) is 18.2 Å². The van der Waals surface area contributed by atoms with E-state index in [0.717, 1.165) is 17.3 Å². The number of carbonyl (C=O) groups is 2. The summed E-state index contributed by atoms with van der Waals surface area (Å²) in [6.45, 7) is 2.96. The molecular weight excluding hydrogens is 385 g/mol. The Balaban J connectivity index is 0.00000256. The summed E-state index contributed by atoms with van der Waals surface area (Å²) in [4.78, 5) is 27.8. The van der Waals surface area contributed by atoms with Gasteiger partial charge in [0.25, 0.3) is 5.91 Å². The maximum atomic E-state index is 13.3. The Kier molecular flexibility index (Phi) is 4.84. The molecule has 0 atom stereocenters. The number of halogens is 3. The van der Waals surface area contributed by atoms with Crippen molar-refractivity contribution in [2.24, 2.45) is 0 Å². The van der Waals surface area contributed by atoms with Gasteiger partial charge in [0.2, 0.25) is 5.91 Å². The lowest BCUT2D eigenvalue weighted by Gasteiger charge is -2.33. The van der Waals surface area contributed by atoms with Gasteiger partial charge in [0, 0.05) is 27.0 Å². The zero-order chi connectivity index (χ0) is 20.8. The topological polar surface area (TPSA) is 69.3 Å². The molecule has 0 unspecified atom stereocenters. The molecule has 1 aromatic carbocycles. The maximum absolute atomic E-state index is 13.3. The van der Waals surface area contributed by atoms with Gasteiger partial charge in [-0.3, -0.25) is 14.7 Å². The van der Waals surface area contributed by atoms with Crippen molar-refractivity contribution < 1.29 is 24.2 Å². The standard InChI is InChI=1S/C20H21F3N4O2.H2/c1-12(28)27-10-15-17(11-27)24-25-18(15)19(29)26-8-6-13(7-9-26)14-4-2-3-5-16(14)20(21,22)23;/h2-5,13H,6-11H2,1H3,(H,24,25);1H. The molecule has 2 aliphatic rings. The van der Waals surface area contributed by atoms with E-state index < -0.39 is 11.7 Å². The van der Waals surface area contributed by atoms with Gasteiger partial charge < -0.3 is 9.80 Å². The molecule has 0 saturated carbocycles. The minimum absolute atomic E-state index is 0. The number of rotatable bonds is 2. The average molecular weight is 408 g/mol. The fraction of sp³-hybridized carbons (Fsp3) is 0.450. The number of H-pyrrole nitrogens is 1. The van der Waals surface area contributed by atoms with Crippen molar-refractivity contribution in [3.8, 4) is 0 Å². The molecule has 2 amide bonds. The SMILES string of the molecule is CC(=O)N1Cc2[nH]nc(C(=O)N3CCC(c4ccccc4C(F)(F)F)CC3)c2C1.[HH]. The largest absolute Gasteiger partial charge is 0.416 e. The second-order valence-corrected chi connectivity index (χ2v) is 7.56. The van der Waals surface area contributed by atoms with E-state index in [-0.39, 0.29) is 19.2 Å². The molecule has 1 N–H and O–H groups in total. The highest BCUT2D eigenvalue weighted by Crippen LogP contribution is 2.39. The number of nitrogens with one attached hydrogen (secondary N) is 1. The van der Waals surface area contributed by atoms with Crippen LogP contribution in [0.25, 0.3) is 0 Å². The van der Waals surface area contributed by atoms with Crippen LogP contribution in [0.2, 0.25) is 0 Å². The van der Waals surface area contributed by atoms with Gasteiger partial charge in [-0.05, 0) is 30.4 Å². The zero-order valence-electron chi connectivity index (χ0n) is 15.9. The predicted molar refractivity (Wildman–Crippen MR) is 100.0 cm³/mol. The summed E-state index contributed by atoms with van der Waals surface area (Å²) in [5, 5.41) is 6.96. The van der Waals surface area contributed by atoms with Gasteiger partial charge in [-0.25, -0.2) is 0 Å². The Morgan fingerprint density at radius 1 is 1.14 bits per heavy atom. The number of amides is 2. The fourth-order valence-electron chi connectivity index (χ4n) is 4.19. The van der Waals surface area contributed by atoms with Crippen LogP contribution in [0, 0.1) is 0 Å². The van der Waals surface area contributed by atoms with Crippen LogP contribution in [0.4, 0.5) is 13.2 Å². The summed E-state index contributed by atoms with van der Waals surface area (Å²) >= 11 is 0. The third kappa shape index (κ3) is 3.61. The van der Waals surface area contributed by atoms with E-state index in [4.69, 9.17) is 0 Å². The summed E-state index contributed by atoms with van der Waals surface area (Å²) in [6.07, 6.45) is -3.46. The number of aromatic nitrogens is 2. The highest BCUT2D eigenvalue weighted by atomic mass is 19.4. The number of fused-ring (bicyclic) bond motifs is 1. The predicted octanol–water partition coefficient (Wildman–Crippen LogP) is 3.56. The van der Waals surface area contributed by atoms with Crippen molar-refractivity contribution in [1.82, 2.24) is 20.0 Å². The van der Waals surface area contributed by atoms with E-state index >= 15 is 0 Å². The van der Waals surface area contributed by atoms with Crippen molar-refractivity contribution >= 4 is 11.8 Å². The van der Waals surface area contributed by atoms with Crippen LogP contribution < -0.4 is 0 Å². The lowest BCUT2D eigenvalue weighted by Crippen LogP contribution is -2.39. The quantitative estimate of drug-likeness (QED) is 0.826. The lowest BCUT2D eigenvalue weighted by atomic mass is 9.86. The molecule has 1 saturated heterocycles. The molecule has 9 heteroatoms. The Morgan fingerprint density at radius 3 is 2.48 bits per heavy atom. The number of piperidine rings is 1. The lowest BCUT2D eigenvalue weighted by molar-refractivity contribution is -0.138. The number of likely N-dealkylation sites (tertiary alicyclic amines) is 1. The van der Waals surface area contributed by atoms with E-state index in [1.54, 1.807) is 15.9 Å². The number of hydrogen-bond acceptors (Lipinski definition) is 3. The zero-order valence-corrected chi connectivity index (χ0v) is 15.9.